The van der Waals surface area contributed by atoms with Crippen LogP contribution in [0.25, 0.3) is 0 Å². The van der Waals surface area contributed by atoms with Gasteiger partial charge in [-0.25, -0.2) is 0 Å². The number of amides is 1. The number of carbonyl (C=O) groups is 1. The average Bonchev–Trinajstić information content (AvgIpc) is 2.74. The number of hydrogen-bond donors (Lipinski definition) is 3. The van der Waals surface area contributed by atoms with Gasteiger partial charge in [-0.2, -0.15) is 0 Å². The first-order chi connectivity index (χ1) is 6.36. The van der Waals surface area contributed by atoms with E-state index in [2.05, 4.69) is 16.0 Å². The van der Waals surface area contributed by atoms with Crippen LogP contribution < -0.4 is 16.0 Å². The SMILES string of the molecule is O=C(NC1CCNC1)[C@H]1CCCN1. The minimum atomic E-state index is 0.0700. The van der Waals surface area contributed by atoms with E-state index in [1.165, 1.54) is 0 Å². The Hall–Kier alpha value is -0.610. The molecule has 0 radical (unpaired) electrons. The van der Waals surface area contributed by atoms with Crippen molar-refractivity contribution in [1.29, 1.82) is 0 Å². The number of rotatable bonds is 2. The van der Waals surface area contributed by atoms with E-state index in [1.54, 1.807) is 0 Å². The Labute approximate surface area is 78.5 Å². The molecule has 4 heteroatoms. The van der Waals surface area contributed by atoms with Gasteiger partial charge in [-0.3, -0.25) is 4.79 Å². The first-order valence-corrected chi connectivity index (χ1v) is 5.11. The lowest BCUT2D eigenvalue weighted by molar-refractivity contribution is -0.123. The Balaban J connectivity index is 1.76. The Morgan fingerprint density at radius 2 is 2.23 bits per heavy atom. The van der Waals surface area contributed by atoms with E-state index in [4.69, 9.17) is 0 Å². The first-order valence-electron chi connectivity index (χ1n) is 5.11. The summed E-state index contributed by atoms with van der Waals surface area (Å²) >= 11 is 0. The van der Waals surface area contributed by atoms with Gasteiger partial charge in [-0.1, -0.05) is 0 Å². The van der Waals surface area contributed by atoms with E-state index in [9.17, 15) is 4.79 Å². The molecule has 0 aliphatic carbocycles. The summed E-state index contributed by atoms with van der Waals surface area (Å²) in [6.07, 6.45) is 3.19. The molecule has 2 aliphatic heterocycles. The Bertz CT molecular complexity index is 183. The lowest BCUT2D eigenvalue weighted by atomic mass is 10.2. The highest BCUT2D eigenvalue weighted by Gasteiger charge is 2.25. The van der Waals surface area contributed by atoms with Crippen molar-refractivity contribution < 1.29 is 4.79 Å². The molecule has 2 atom stereocenters. The van der Waals surface area contributed by atoms with Gasteiger partial charge in [0.1, 0.15) is 0 Å². The second kappa shape index (κ2) is 4.07. The van der Waals surface area contributed by atoms with E-state index in [0.29, 0.717) is 6.04 Å². The van der Waals surface area contributed by atoms with Gasteiger partial charge in [-0.15, -0.1) is 0 Å². The predicted molar refractivity (Wildman–Crippen MR) is 50.4 cm³/mol. The molecule has 2 saturated heterocycles. The van der Waals surface area contributed by atoms with Crippen molar-refractivity contribution in [2.75, 3.05) is 19.6 Å². The van der Waals surface area contributed by atoms with Crippen molar-refractivity contribution in [3.8, 4) is 0 Å². The second-order valence-electron chi connectivity index (χ2n) is 3.85. The summed E-state index contributed by atoms with van der Waals surface area (Å²) in [7, 11) is 0. The van der Waals surface area contributed by atoms with Crippen LogP contribution in [0, 0.1) is 0 Å². The van der Waals surface area contributed by atoms with Crippen LogP contribution in [0.1, 0.15) is 19.3 Å². The van der Waals surface area contributed by atoms with Crippen LogP contribution >= 0.6 is 0 Å². The maximum Gasteiger partial charge on any atom is 0.237 e. The molecule has 1 unspecified atom stereocenters. The molecule has 0 saturated carbocycles. The van der Waals surface area contributed by atoms with Gasteiger partial charge in [0, 0.05) is 12.6 Å². The molecule has 0 aromatic carbocycles. The highest BCUT2D eigenvalue weighted by Crippen LogP contribution is 2.06. The van der Waals surface area contributed by atoms with E-state index in [-0.39, 0.29) is 11.9 Å². The maximum absolute atomic E-state index is 11.6. The van der Waals surface area contributed by atoms with E-state index < -0.39 is 0 Å². The number of carbonyl (C=O) groups excluding carboxylic acids is 1. The Kier molecular flexibility index (Phi) is 2.80. The minimum absolute atomic E-state index is 0.0700. The van der Waals surface area contributed by atoms with Crippen LogP contribution in [0.2, 0.25) is 0 Å². The van der Waals surface area contributed by atoms with Crippen LogP contribution in [-0.2, 0) is 4.79 Å². The molecule has 74 valence electrons. The zero-order valence-electron chi connectivity index (χ0n) is 7.81. The molecule has 0 spiro atoms. The van der Waals surface area contributed by atoms with Gasteiger partial charge in [0.2, 0.25) is 5.91 Å². The molecule has 1 amide bonds. The summed E-state index contributed by atoms with van der Waals surface area (Å²) in [4.78, 5) is 11.6. The molecule has 0 aromatic rings. The molecule has 2 fully saturated rings. The van der Waals surface area contributed by atoms with Gasteiger partial charge in [0.25, 0.3) is 0 Å². The van der Waals surface area contributed by atoms with Gasteiger partial charge < -0.3 is 16.0 Å². The van der Waals surface area contributed by atoms with Crippen molar-refractivity contribution in [2.24, 2.45) is 0 Å². The molecular formula is C9H17N3O. The highest BCUT2D eigenvalue weighted by molar-refractivity contribution is 5.82. The van der Waals surface area contributed by atoms with Gasteiger partial charge in [-0.05, 0) is 32.4 Å². The fourth-order valence-electron chi connectivity index (χ4n) is 1.99. The molecule has 3 N–H and O–H groups in total. The minimum Gasteiger partial charge on any atom is -0.351 e. The van der Waals surface area contributed by atoms with E-state index >= 15 is 0 Å². The predicted octanol–water partition coefficient (Wildman–Crippen LogP) is -0.783. The van der Waals surface area contributed by atoms with Crippen LogP contribution in [-0.4, -0.2) is 37.6 Å². The van der Waals surface area contributed by atoms with E-state index in [1.807, 2.05) is 0 Å². The highest BCUT2D eigenvalue weighted by atomic mass is 16.2. The number of nitrogens with one attached hydrogen (secondary N) is 3. The monoisotopic (exact) mass is 183 g/mol. The third-order valence-electron chi connectivity index (χ3n) is 2.78. The lowest BCUT2D eigenvalue weighted by Gasteiger charge is -2.15. The largest absolute Gasteiger partial charge is 0.351 e. The summed E-state index contributed by atoms with van der Waals surface area (Å²) < 4.78 is 0. The Morgan fingerprint density at radius 1 is 1.31 bits per heavy atom. The van der Waals surface area contributed by atoms with Crippen LogP contribution in [0.5, 0.6) is 0 Å². The van der Waals surface area contributed by atoms with Crippen molar-refractivity contribution in [2.45, 2.75) is 31.3 Å². The van der Waals surface area contributed by atoms with Crippen LogP contribution in [0.4, 0.5) is 0 Å². The molecule has 4 nitrogen and oxygen atoms in total. The topological polar surface area (TPSA) is 53.2 Å². The summed E-state index contributed by atoms with van der Waals surface area (Å²) in [5.41, 5.74) is 0. The van der Waals surface area contributed by atoms with Crippen molar-refractivity contribution >= 4 is 5.91 Å². The molecule has 2 aliphatic rings. The summed E-state index contributed by atoms with van der Waals surface area (Å²) in [5, 5.41) is 9.49. The molecule has 0 bridgehead atoms. The second-order valence-corrected chi connectivity index (χ2v) is 3.85. The first kappa shape index (κ1) is 8.97. The van der Waals surface area contributed by atoms with Crippen molar-refractivity contribution in [3.63, 3.8) is 0 Å². The molecule has 2 heterocycles. The normalized spacial score (nSPS) is 33.5. The van der Waals surface area contributed by atoms with Gasteiger partial charge in [0.15, 0.2) is 0 Å². The zero-order valence-corrected chi connectivity index (χ0v) is 7.81. The molecule has 0 aromatic heterocycles. The van der Waals surface area contributed by atoms with Gasteiger partial charge in [0.05, 0.1) is 6.04 Å². The molecular weight excluding hydrogens is 166 g/mol. The zero-order chi connectivity index (χ0) is 9.10. The van der Waals surface area contributed by atoms with Gasteiger partial charge >= 0.3 is 0 Å². The average molecular weight is 183 g/mol. The maximum atomic E-state index is 11.6. The summed E-state index contributed by atoms with van der Waals surface area (Å²) in [6.45, 7) is 2.95. The summed E-state index contributed by atoms with van der Waals surface area (Å²) in [6, 6.07) is 0.426. The molecule has 2 rings (SSSR count). The smallest absolute Gasteiger partial charge is 0.237 e. The fourth-order valence-corrected chi connectivity index (χ4v) is 1.99. The standard InChI is InChI=1S/C9H17N3O/c13-9(8-2-1-4-11-8)12-7-3-5-10-6-7/h7-8,10-11H,1-6H2,(H,12,13)/t7?,8-/m1/s1. The summed E-state index contributed by atoms with van der Waals surface area (Å²) in [5.74, 6) is 0.186. The third-order valence-corrected chi connectivity index (χ3v) is 2.78. The lowest BCUT2D eigenvalue weighted by Crippen LogP contribution is -2.45. The third kappa shape index (κ3) is 2.19. The van der Waals surface area contributed by atoms with E-state index in [0.717, 1.165) is 38.9 Å². The Morgan fingerprint density at radius 3 is 2.85 bits per heavy atom. The number of hydrogen-bond acceptors (Lipinski definition) is 3. The quantitative estimate of drug-likeness (QED) is 0.526. The van der Waals surface area contributed by atoms with Crippen molar-refractivity contribution in [3.05, 3.63) is 0 Å². The fraction of sp³-hybridized carbons (Fsp3) is 0.889. The van der Waals surface area contributed by atoms with Crippen LogP contribution in [0.3, 0.4) is 0 Å². The van der Waals surface area contributed by atoms with Crippen LogP contribution in [0.15, 0.2) is 0 Å². The van der Waals surface area contributed by atoms with Crippen molar-refractivity contribution in [1.82, 2.24) is 16.0 Å². The molecule has 13 heavy (non-hydrogen) atoms.